The smallest absolute Gasteiger partial charge is 0.226 e. The number of carbonyl (C=O) groups is 1. The first kappa shape index (κ1) is 21.5. The van der Waals surface area contributed by atoms with Gasteiger partial charge in [0.05, 0.1) is 25.3 Å². The molecule has 2 aromatic heterocycles. The molecule has 0 atom stereocenters. The Bertz CT molecular complexity index is 989. The van der Waals surface area contributed by atoms with Crippen LogP contribution in [0.1, 0.15) is 16.3 Å². The predicted octanol–water partition coefficient (Wildman–Crippen LogP) is 3.47. The molecule has 3 aromatic rings. The Morgan fingerprint density at radius 2 is 2.00 bits per heavy atom. The summed E-state index contributed by atoms with van der Waals surface area (Å²) in [6.45, 7) is 3.95. The molecule has 1 fully saturated rings. The van der Waals surface area contributed by atoms with Gasteiger partial charge in [-0.25, -0.2) is 9.97 Å². The molecule has 1 amide bonds. The van der Waals surface area contributed by atoms with E-state index in [0.29, 0.717) is 18.2 Å². The summed E-state index contributed by atoms with van der Waals surface area (Å²) in [6, 6.07) is 11.2. The van der Waals surface area contributed by atoms with Crippen molar-refractivity contribution in [3.63, 3.8) is 0 Å². The Hall–Kier alpha value is -2.68. The molecule has 1 aliphatic heterocycles. The number of ether oxygens (including phenoxy) is 2. The Kier molecular flexibility index (Phi) is 7.35. The zero-order chi connectivity index (χ0) is 21.5. The van der Waals surface area contributed by atoms with Gasteiger partial charge in [0.2, 0.25) is 5.91 Å². The molecule has 7 nitrogen and oxygen atoms in total. The van der Waals surface area contributed by atoms with Gasteiger partial charge in [-0.15, -0.1) is 11.3 Å². The highest BCUT2D eigenvalue weighted by Crippen LogP contribution is 2.18. The monoisotopic (exact) mass is 458 g/mol. The summed E-state index contributed by atoms with van der Waals surface area (Å²) in [5, 5.41) is 6.30. The van der Waals surface area contributed by atoms with Gasteiger partial charge in [0, 0.05) is 36.2 Å². The molecule has 162 valence electrons. The highest BCUT2D eigenvalue weighted by Gasteiger charge is 2.12. The van der Waals surface area contributed by atoms with Crippen molar-refractivity contribution in [3.8, 4) is 5.75 Å². The number of amides is 1. The summed E-state index contributed by atoms with van der Waals surface area (Å²) >= 11 is 7.35. The van der Waals surface area contributed by atoms with Crippen molar-refractivity contribution in [2.75, 3.05) is 31.2 Å². The van der Waals surface area contributed by atoms with Gasteiger partial charge in [-0.2, -0.15) is 0 Å². The van der Waals surface area contributed by atoms with Crippen LogP contribution in [0.25, 0.3) is 0 Å². The van der Waals surface area contributed by atoms with Crippen molar-refractivity contribution in [3.05, 3.63) is 69.3 Å². The lowest BCUT2D eigenvalue weighted by Gasteiger charge is -2.27. The van der Waals surface area contributed by atoms with Crippen LogP contribution < -0.4 is 15.0 Å². The quantitative estimate of drug-likeness (QED) is 0.557. The van der Waals surface area contributed by atoms with E-state index in [-0.39, 0.29) is 12.3 Å². The molecular weight excluding hydrogens is 436 g/mol. The number of halogens is 1. The zero-order valence-corrected chi connectivity index (χ0v) is 18.5. The van der Waals surface area contributed by atoms with Crippen LogP contribution in [0, 0.1) is 0 Å². The summed E-state index contributed by atoms with van der Waals surface area (Å²) in [7, 11) is 0. The Morgan fingerprint density at radius 1 is 1.19 bits per heavy atom. The number of thiazole rings is 1. The van der Waals surface area contributed by atoms with Crippen LogP contribution in [-0.2, 0) is 29.1 Å². The van der Waals surface area contributed by atoms with E-state index >= 15 is 0 Å². The molecule has 0 bridgehead atoms. The van der Waals surface area contributed by atoms with Crippen LogP contribution >= 0.6 is 22.9 Å². The molecule has 0 saturated carbocycles. The molecule has 1 aromatic carbocycles. The third-order valence-electron chi connectivity index (χ3n) is 4.75. The maximum absolute atomic E-state index is 12.3. The first-order chi connectivity index (χ1) is 15.2. The van der Waals surface area contributed by atoms with Crippen LogP contribution in [0.15, 0.2) is 48.0 Å². The van der Waals surface area contributed by atoms with E-state index in [2.05, 4.69) is 20.2 Å². The largest absolute Gasteiger partial charge is 0.486 e. The number of hydrogen-bond donors (Lipinski definition) is 1. The van der Waals surface area contributed by atoms with Gasteiger partial charge in [-0.3, -0.25) is 4.79 Å². The van der Waals surface area contributed by atoms with E-state index in [4.69, 9.17) is 21.1 Å². The van der Waals surface area contributed by atoms with Crippen molar-refractivity contribution in [1.29, 1.82) is 0 Å². The molecule has 0 unspecified atom stereocenters. The van der Waals surface area contributed by atoms with Crippen molar-refractivity contribution < 1.29 is 14.3 Å². The third-order valence-corrected chi connectivity index (χ3v) is 5.87. The number of rotatable bonds is 8. The average molecular weight is 459 g/mol. The normalized spacial score (nSPS) is 13.8. The second-order valence-electron chi connectivity index (χ2n) is 7.05. The Labute approximate surface area is 190 Å². The van der Waals surface area contributed by atoms with Gasteiger partial charge in [-0.05, 0) is 35.9 Å². The average Bonchev–Trinajstić information content (AvgIpc) is 3.25. The number of benzene rings is 1. The molecule has 4 rings (SSSR count). The van der Waals surface area contributed by atoms with Crippen molar-refractivity contribution in [2.45, 2.75) is 19.6 Å². The fourth-order valence-electron chi connectivity index (χ4n) is 3.10. The highest BCUT2D eigenvalue weighted by atomic mass is 35.5. The van der Waals surface area contributed by atoms with E-state index in [1.54, 1.807) is 18.3 Å². The Morgan fingerprint density at radius 3 is 2.74 bits per heavy atom. The van der Waals surface area contributed by atoms with Crippen LogP contribution in [0.5, 0.6) is 5.75 Å². The van der Waals surface area contributed by atoms with Gasteiger partial charge in [0.15, 0.2) is 0 Å². The standard InChI is InChI=1S/C22H23ClN4O3S/c23-17-2-4-19(5-3-17)30-14-22-26-18(15-31-22)11-21(28)25-13-16-1-6-20(24-12-16)27-7-9-29-10-8-27/h1-6,12,15H,7-11,13-14H2,(H,25,28). The van der Waals surface area contributed by atoms with Gasteiger partial charge in [0.1, 0.15) is 23.2 Å². The number of nitrogens with zero attached hydrogens (tertiary/aromatic N) is 3. The van der Waals surface area contributed by atoms with Crippen LogP contribution in [-0.4, -0.2) is 42.2 Å². The third kappa shape index (κ3) is 6.40. The van der Waals surface area contributed by atoms with Crippen LogP contribution in [0.4, 0.5) is 5.82 Å². The molecule has 9 heteroatoms. The van der Waals surface area contributed by atoms with Crippen molar-refractivity contribution >= 4 is 34.7 Å². The molecule has 3 heterocycles. The van der Waals surface area contributed by atoms with Gasteiger partial charge in [0.25, 0.3) is 0 Å². The molecule has 31 heavy (non-hydrogen) atoms. The molecule has 0 spiro atoms. The minimum absolute atomic E-state index is 0.0762. The summed E-state index contributed by atoms with van der Waals surface area (Å²) in [5.41, 5.74) is 1.69. The zero-order valence-electron chi connectivity index (χ0n) is 16.9. The maximum atomic E-state index is 12.3. The lowest BCUT2D eigenvalue weighted by atomic mass is 10.2. The lowest BCUT2D eigenvalue weighted by Crippen LogP contribution is -2.36. The topological polar surface area (TPSA) is 76.6 Å². The van der Waals surface area contributed by atoms with Gasteiger partial charge < -0.3 is 19.7 Å². The number of carbonyl (C=O) groups excluding carboxylic acids is 1. The predicted molar refractivity (Wildman–Crippen MR) is 121 cm³/mol. The first-order valence-corrected chi connectivity index (χ1v) is 11.3. The molecule has 0 aliphatic carbocycles. The van der Waals surface area contributed by atoms with Crippen LogP contribution in [0.2, 0.25) is 5.02 Å². The molecule has 1 N–H and O–H groups in total. The summed E-state index contributed by atoms with van der Waals surface area (Å²) < 4.78 is 11.1. The number of morpholine rings is 1. The second kappa shape index (κ2) is 10.6. The molecule has 1 saturated heterocycles. The maximum Gasteiger partial charge on any atom is 0.226 e. The summed E-state index contributed by atoms with van der Waals surface area (Å²) in [5.74, 6) is 1.59. The SMILES string of the molecule is O=C(Cc1csc(COc2ccc(Cl)cc2)n1)NCc1ccc(N2CCOCC2)nc1. The number of anilines is 1. The van der Waals surface area contributed by atoms with Crippen molar-refractivity contribution in [1.82, 2.24) is 15.3 Å². The number of hydrogen-bond acceptors (Lipinski definition) is 7. The van der Waals surface area contributed by atoms with Crippen molar-refractivity contribution in [2.24, 2.45) is 0 Å². The Balaban J connectivity index is 1.21. The minimum atomic E-state index is -0.0762. The van der Waals surface area contributed by atoms with Gasteiger partial charge >= 0.3 is 0 Å². The number of pyridine rings is 1. The summed E-state index contributed by atoms with van der Waals surface area (Å²) in [4.78, 5) is 23.5. The van der Waals surface area contributed by atoms with E-state index in [9.17, 15) is 4.79 Å². The molecule has 0 radical (unpaired) electrons. The summed E-state index contributed by atoms with van der Waals surface area (Å²) in [6.07, 6.45) is 2.04. The fraction of sp³-hybridized carbons (Fsp3) is 0.318. The fourth-order valence-corrected chi connectivity index (χ4v) is 3.93. The number of aromatic nitrogens is 2. The van der Waals surface area contributed by atoms with Gasteiger partial charge in [-0.1, -0.05) is 17.7 Å². The lowest BCUT2D eigenvalue weighted by molar-refractivity contribution is -0.120. The number of nitrogens with one attached hydrogen (secondary N) is 1. The van der Waals surface area contributed by atoms with E-state index in [1.807, 2.05) is 29.6 Å². The minimum Gasteiger partial charge on any atom is -0.486 e. The second-order valence-corrected chi connectivity index (χ2v) is 8.43. The molecular formula is C22H23ClN4O3S. The first-order valence-electron chi connectivity index (χ1n) is 10.0. The van der Waals surface area contributed by atoms with E-state index in [0.717, 1.165) is 54.1 Å². The van der Waals surface area contributed by atoms with Crippen LogP contribution in [0.3, 0.4) is 0 Å². The molecule has 1 aliphatic rings. The van der Waals surface area contributed by atoms with E-state index < -0.39 is 0 Å². The van der Waals surface area contributed by atoms with E-state index in [1.165, 1.54) is 11.3 Å². The highest BCUT2D eigenvalue weighted by molar-refractivity contribution is 7.09.